The first-order valence-electron chi connectivity index (χ1n) is 5.66. The fraction of sp³-hybridized carbons (Fsp3) is 0.818. The first kappa shape index (κ1) is 16.8. The number of carbonyl (C=O) groups is 2. The minimum absolute atomic E-state index is 0.323. The minimum Gasteiger partial charge on any atom is -0.348 e. The fourth-order valence-electron chi connectivity index (χ4n) is 0.920. The molecule has 0 spiro atoms. The number of nitrogens with two attached hydrogens (primary N) is 1. The highest BCUT2D eigenvalue weighted by atomic mass is 19.3. The average Bonchev–Trinajstić information content (AvgIpc) is 2.24. The van der Waals surface area contributed by atoms with Crippen LogP contribution in [0.15, 0.2) is 0 Å². The highest BCUT2D eigenvalue weighted by Crippen LogP contribution is 2.13. The van der Waals surface area contributed by atoms with Crippen molar-refractivity contribution in [2.75, 3.05) is 13.1 Å². The second-order valence-corrected chi connectivity index (χ2v) is 5.22. The molecule has 0 radical (unpaired) electrons. The molecule has 2 amide bonds. The normalized spacial score (nSPS) is 13.9. The summed E-state index contributed by atoms with van der Waals surface area (Å²) in [5.41, 5.74) is 4.19. The van der Waals surface area contributed by atoms with Crippen molar-refractivity contribution in [2.24, 2.45) is 11.1 Å². The third kappa shape index (κ3) is 5.90. The Morgan fingerprint density at radius 3 is 2.17 bits per heavy atom. The Morgan fingerprint density at radius 1 is 1.28 bits per heavy atom. The molecule has 0 aromatic rings. The number of hydrogen-bond acceptors (Lipinski definition) is 3. The van der Waals surface area contributed by atoms with Gasteiger partial charge in [-0.1, -0.05) is 20.8 Å². The van der Waals surface area contributed by atoms with Crippen molar-refractivity contribution >= 4 is 11.8 Å². The third-order valence-corrected chi connectivity index (χ3v) is 2.24. The molecular formula is C11H21F2N3O2. The van der Waals surface area contributed by atoms with Gasteiger partial charge in [0, 0.05) is 5.41 Å². The summed E-state index contributed by atoms with van der Waals surface area (Å²) in [6.07, 6.45) is 0. The van der Waals surface area contributed by atoms with E-state index in [4.69, 9.17) is 5.73 Å². The maximum atomic E-state index is 12.8. The van der Waals surface area contributed by atoms with Gasteiger partial charge in [0.2, 0.25) is 11.8 Å². The zero-order valence-corrected chi connectivity index (χ0v) is 11.1. The molecule has 0 aromatic heterocycles. The van der Waals surface area contributed by atoms with Crippen LogP contribution in [0.1, 0.15) is 27.7 Å². The molecule has 0 aromatic carbocycles. The second kappa shape index (κ2) is 6.08. The minimum atomic E-state index is -3.14. The summed E-state index contributed by atoms with van der Waals surface area (Å²) in [7, 11) is 0. The van der Waals surface area contributed by atoms with Crippen LogP contribution in [0.25, 0.3) is 0 Å². The molecule has 1 unspecified atom stereocenters. The van der Waals surface area contributed by atoms with Gasteiger partial charge >= 0.3 is 0 Å². The van der Waals surface area contributed by atoms with Crippen LogP contribution in [-0.2, 0) is 9.59 Å². The number of halogens is 2. The van der Waals surface area contributed by atoms with Crippen molar-refractivity contribution in [3.8, 4) is 0 Å². The van der Waals surface area contributed by atoms with Crippen LogP contribution in [0.3, 0.4) is 0 Å². The molecule has 0 aliphatic heterocycles. The van der Waals surface area contributed by atoms with Crippen molar-refractivity contribution in [3.63, 3.8) is 0 Å². The number of rotatable bonds is 5. The van der Waals surface area contributed by atoms with Gasteiger partial charge in [0.05, 0.1) is 13.1 Å². The van der Waals surface area contributed by atoms with Crippen LogP contribution in [0.5, 0.6) is 0 Å². The molecule has 0 saturated carbocycles. The highest BCUT2D eigenvalue weighted by Gasteiger charge is 2.29. The molecule has 7 heteroatoms. The van der Waals surface area contributed by atoms with Crippen molar-refractivity contribution in [1.82, 2.24) is 10.6 Å². The van der Waals surface area contributed by atoms with Gasteiger partial charge in [-0.05, 0) is 6.92 Å². The van der Waals surface area contributed by atoms with E-state index in [0.29, 0.717) is 0 Å². The van der Waals surface area contributed by atoms with E-state index in [1.165, 1.54) is 6.92 Å². The number of alkyl halides is 2. The van der Waals surface area contributed by atoms with Gasteiger partial charge in [0.25, 0.3) is 5.92 Å². The van der Waals surface area contributed by atoms with Gasteiger partial charge in [-0.3, -0.25) is 9.59 Å². The van der Waals surface area contributed by atoms with Crippen LogP contribution in [0.4, 0.5) is 8.78 Å². The summed E-state index contributed by atoms with van der Waals surface area (Å²) in [5, 5.41) is 4.49. The lowest BCUT2D eigenvalue weighted by atomic mass is 9.95. The van der Waals surface area contributed by atoms with Crippen LogP contribution in [-0.4, -0.2) is 36.9 Å². The van der Waals surface area contributed by atoms with E-state index in [0.717, 1.165) is 0 Å². The van der Waals surface area contributed by atoms with Gasteiger partial charge in [0.1, 0.15) is 6.04 Å². The topological polar surface area (TPSA) is 84.2 Å². The first-order valence-corrected chi connectivity index (χ1v) is 5.66. The highest BCUT2D eigenvalue weighted by molar-refractivity contribution is 5.89. The van der Waals surface area contributed by atoms with E-state index in [1.54, 1.807) is 20.8 Å². The predicted molar refractivity (Wildman–Crippen MR) is 64.1 cm³/mol. The quantitative estimate of drug-likeness (QED) is 0.666. The number of carbonyl (C=O) groups excluding carboxylic acids is 2. The van der Waals surface area contributed by atoms with Gasteiger partial charge in [-0.25, -0.2) is 8.78 Å². The summed E-state index contributed by atoms with van der Waals surface area (Å²) >= 11 is 0. The number of nitrogens with one attached hydrogen (secondary N) is 2. The summed E-state index contributed by atoms with van der Waals surface area (Å²) < 4.78 is 25.6. The van der Waals surface area contributed by atoms with Crippen LogP contribution in [0, 0.1) is 5.41 Å². The van der Waals surface area contributed by atoms with Gasteiger partial charge in [-0.2, -0.15) is 0 Å². The Bertz CT molecular complexity index is 314. The van der Waals surface area contributed by atoms with Gasteiger partial charge < -0.3 is 16.4 Å². The van der Waals surface area contributed by atoms with E-state index in [2.05, 4.69) is 5.32 Å². The molecule has 0 bridgehead atoms. The van der Waals surface area contributed by atoms with Crippen molar-refractivity contribution < 1.29 is 18.4 Å². The van der Waals surface area contributed by atoms with Gasteiger partial charge in [0.15, 0.2) is 0 Å². The summed E-state index contributed by atoms with van der Waals surface area (Å²) in [6.45, 7) is 4.83. The molecule has 4 N–H and O–H groups in total. The van der Waals surface area contributed by atoms with E-state index < -0.39 is 36.4 Å². The SMILES string of the molecule is CC(NC(=O)C(C)(C)C)C(=O)NCC(F)(F)CN. The van der Waals surface area contributed by atoms with Crippen molar-refractivity contribution in [2.45, 2.75) is 39.7 Å². The van der Waals surface area contributed by atoms with E-state index in [-0.39, 0.29) is 5.91 Å². The largest absolute Gasteiger partial charge is 0.348 e. The number of hydrogen-bond donors (Lipinski definition) is 3. The molecule has 0 aliphatic rings. The lowest BCUT2D eigenvalue weighted by Gasteiger charge is -2.22. The van der Waals surface area contributed by atoms with Crippen LogP contribution < -0.4 is 16.4 Å². The van der Waals surface area contributed by atoms with Crippen molar-refractivity contribution in [3.05, 3.63) is 0 Å². The average molecular weight is 265 g/mol. The Labute approximate surface area is 105 Å². The van der Waals surface area contributed by atoms with Gasteiger partial charge in [-0.15, -0.1) is 0 Å². The standard InChI is InChI=1S/C11H21F2N3O2/c1-7(16-9(18)10(2,3)4)8(17)15-6-11(12,13)5-14/h7H,5-6,14H2,1-4H3,(H,15,17)(H,16,18). The molecule has 5 nitrogen and oxygen atoms in total. The molecular weight excluding hydrogens is 244 g/mol. The first-order chi connectivity index (χ1) is 7.99. The maximum Gasteiger partial charge on any atom is 0.277 e. The lowest BCUT2D eigenvalue weighted by Crippen LogP contribution is -2.51. The second-order valence-electron chi connectivity index (χ2n) is 5.22. The molecule has 0 aliphatic carbocycles. The molecule has 0 saturated heterocycles. The molecule has 18 heavy (non-hydrogen) atoms. The molecule has 0 heterocycles. The smallest absolute Gasteiger partial charge is 0.277 e. The van der Waals surface area contributed by atoms with E-state index in [9.17, 15) is 18.4 Å². The zero-order valence-electron chi connectivity index (χ0n) is 11.1. The molecule has 0 rings (SSSR count). The zero-order chi connectivity index (χ0) is 14.6. The van der Waals surface area contributed by atoms with Crippen LogP contribution in [0.2, 0.25) is 0 Å². The Balaban J connectivity index is 4.25. The predicted octanol–water partition coefficient (Wildman–Crippen LogP) is 0.247. The number of amides is 2. The summed E-state index contributed by atoms with van der Waals surface area (Å²) in [5.74, 6) is -4.12. The monoisotopic (exact) mass is 265 g/mol. The fourth-order valence-corrected chi connectivity index (χ4v) is 0.920. The molecule has 0 fully saturated rings. The summed E-state index contributed by atoms with van der Waals surface area (Å²) in [6, 6.07) is -0.870. The van der Waals surface area contributed by atoms with E-state index in [1.807, 2.05) is 5.32 Å². The van der Waals surface area contributed by atoms with E-state index >= 15 is 0 Å². The Kier molecular flexibility index (Phi) is 5.66. The molecule has 1 atom stereocenters. The third-order valence-electron chi connectivity index (χ3n) is 2.24. The van der Waals surface area contributed by atoms with Crippen LogP contribution >= 0.6 is 0 Å². The Morgan fingerprint density at radius 2 is 1.78 bits per heavy atom. The maximum absolute atomic E-state index is 12.8. The molecule has 106 valence electrons. The summed E-state index contributed by atoms with van der Waals surface area (Å²) in [4.78, 5) is 23.0. The van der Waals surface area contributed by atoms with Crippen molar-refractivity contribution in [1.29, 1.82) is 0 Å². The lowest BCUT2D eigenvalue weighted by molar-refractivity contribution is -0.133. The Hall–Kier alpha value is -1.24.